The van der Waals surface area contributed by atoms with Gasteiger partial charge < -0.3 is 5.32 Å². The zero-order valence-electron chi connectivity index (χ0n) is 8.89. The SMILES string of the molecule is CC1NC(=O)C(=O)C1C.CCCC. The van der Waals surface area contributed by atoms with Gasteiger partial charge >= 0.3 is 0 Å². The summed E-state index contributed by atoms with van der Waals surface area (Å²) in [6.07, 6.45) is 2.64. The summed E-state index contributed by atoms with van der Waals surface area (Å²) in [5.41, 5.74) is 0. The zero-order valence-corrected chi connectivity index (χ0v) is 8.89. The minimum atomic E-state index is -0.435. The van der Waals surface area contributed by atoms with Crippen molar-refractivity contribution in [1.29, 1.82) is 0 Å². The standard InChI is InChI=1S/C6H9NO2.C4H10/c1-3-4(2)7-6(9)5(3)8;1-3-4-2/h3-4H,1-2H3,(H,7,9);3-4H2,1-2H3. The number of Topliss-reactive ketones (excluding diaryl/α,β-unsaturated/α-hetero) is 1. The quantitative estimate of drug-likeness (QED) is 0.629. The van der Waals surface area contributed by atoms with Gasteiger partial charge in [-0.3, -0.25) is 9.59 Å². The van der Waals surface area contributed by atoms with E-state index in [-0.39, 0.29) is 17.7 Å². The van der Waals surface area contributed by atoms with Crippen LogP contribution in [-0.2, 0) is 9.59 Å². The molecule has 1 N–H and O–H groups in total. The van der Waals surface area contributed by atoms with Crippen LogP contribution in [0.1, 0.15) is 40.5 Å². The van der Waals surface area contributed by atoms with Crippen LogP contribution in [0, 0.1) is 5.92 Å². The van der Waals surface area contributed by atoms with Crippen molar-refractivity contribution in [1.82, 2.24) is 5.32 Å². The van der Waals surface area contributed by atoms with E-state index in [0.717, 1.165) is 0 Å². The third kappa shape index (κ3) is 3.57. The fourth-order valence-corrected chi connectivity index (χ4v) is 0.837. The van der Waals surface area contributed by atoms with Gasteiger partial charge in [-0.15, -0.1) is 0 Å². The van der Waals surface area contributed by atoms with Gasteiger partial charge in [-0.25, -0.2) is 0 Å². The molecule has 0 aliphatic carbocycles. The Balaban J connectivity index is 0.000000310. The maximum absolute atomic E-state index is 10.7. The largest absolute Gasteiger partial charge is 0.346 e. The van der Waals surface area contributed by atoms with Crippen molar-refractivity contribution in [3.8, 4) is 0 Å². The van der Waals surface area contributed by atoms with Crippen LogP contribution in [0.15, 0.2) is 0 Å². The number of carbonyl (C=O) groups is 2. The number of ketones is 1. The lowest BCUT2D eigenvalue weighted by atomic mass is 10.0. The molecule has 0 radical (unpaired) electrons. The minimum absolute atomic E-state index is 0.0185. The van der Waals surface area contributed by atoms with Gasteiger partial charge in [0.2, 0.25) is 5.78 Å². The number of hydrogen-bond acceptors (Lipinski definition) is 2. The Hall–Kier alpha value is -0.860. The summed E-state index contributed by atoms with van der Waals surface area (Å²) in [5.74, 6) is -0.866. The highest BCUT2D eigenvalue weighted by Crippen LogP contribution is 2.10. The van der Waals surface area contributed by atoms with Crippen LogP contribution in [0.4, 0.5) is 0 Å². The Kier molecular flexibility index (Phi) is 5.35. The molecule has 0 saturated carbocycles. The van der Waals surface area contributed by atoms with Crippen LogP contribution < -0.4 is 5.32 Å². The van der Waals surface area contributed by atoms with E-state index in [2.05, 4.69) is 19.2 Å². The van der Waals surface area contributed by atoms with Crippen LogP contribution in [0.3, 0.4) is 0 Å². The molecule has 0 aromatic carbocycles. The van der Waals surface area contributed by atoms with Gasteiger partial charge in [-0.05, 0) is 6.92 Å². The van der Waals surface area contributed by atoms with Gasteiger partial charge in [0.15, 0.2) is 0 Å². The fraction of sp³-hybridized carbons (Fsp3) is 0.800. The van der Waals surface area contributed by atoms with Gasteiger partial charge in [0.25, 0.3) is 5.91 Å². The van der Waals surface area contributed by atoms with Crippen molar-refractivity contribution < 1.29 is 9.59 Å². The van der Waals surface area contributed by atoms with Crippen molar-refractivity contribution >= 4 is 11.7 Å². The van der Waals surface area contributed by atoms with E-state index >= 15 is 0 Å². The number of rotatable bonds is 1. The smallest absolute Gasteiger partial charge is 0.287 e. The lowest BCUT2D eigenvalue weighted by Crippen LogP contribution is -2.24. The van der Waals surface area contributed by atoms with Crippen LogP contribution in [0.25, 0.3) is 0 Å². The second kappa shape index (κ2) is 5.73. The van der Waals surface area contributed by atoms with Crippen LogP contribution in [0.2, 0.25) is 0 Å². The molecular formula is C10H19NO2. The first-order valence-corrected chi connectivity index (χ1v) is 4.89. The molecule has 3 heteroatoms. The molecule has 13 heavy (non-hydrogen) atoms. The Morgan fingerprint density at radius 2 is 1.62 bits per heavy atom. The Labute approximate surface area is 79.9 Å². The molecule has 1 aliphatic rings. The van der Waals surface area contributed by atoms with Crippen molar-refractivity contribution in [2.24, 2.45) is 5.92 Å². The Morgan fingerprint density at radius 1 is 1.15 bits per heavy atom. The zero-order chi connectivity index (χ0) is 10.4. The lowest BCUT2D eigenvalue weighted by molar-refractivity contribution is -0.136. The predicted octanol–water partition coefficient (Wildman–Crippen LogP) is 1.52. The summed E-state index contributed by atoms with van der Waals surface area (Å²) in [5, 5.41) is 2.53. The lowest BCUT2D eigenvalue weighted by Gasteiger charge is -2.03. The summed E-state index contributed by atoms with van der Waals surface area (Å²) in [6.45, 7) is 7.94. The molecule has 1 rings (SSSR count). The molecule has 0 bridgehead atoms. The van der Waals surface area contributed by atoms with E-state index in [1.54, 1.807) is 6.92 Å². The number of unbranched alkanes of at least 4 members (excludes halogenated alkanes) is 1. The van der Waals surface area contributed by atoms with Gasteiger partial charge in [0.1, 0.15) is 0 Å². The molecule has 1 saturated heterocycles. The average Bonchev–Trinajstić information content (AvgIpc) is 2.34. The van der Waals surface area contributed by atoms with Gasteiger partial charge in [-0.1, -0.05) is 33.6 Å². The van der Waals surface area contributed by atoms with Crippen molar-refractivity contribution in [3.63, 3.8) is 0 Å². The van der Waals surface area contributed by atoms with E-state index in [1.807, 2.05) is 6.92 Å². The number of hydrogen-bond donors (Lipinski definition) is 1. The van der Waals surface area contributed by atoms with Crippen molar-refractivity contribution in [3.05, 3.63) is 0 Å². The number of amides is 1. The molecule has 0 aromatic rings. The number of nitrogens with one attached hydrogen (secondary N) is 1. The molecule has 2 atom stereocenters. The molecule has 1 aliphatic heterocycles. The van der Waals surface area contributed by atoms with E-state index in [4.69, 9.17) is 0 Å². The molecular weight excluding hydrogens is 166 g/mol. The monoisotopic (exact) mass is 185 g/mol. The van der Waals surface area contributed by atoms with Gasteiger partial charge in [0.05, 0.1) is 0 Å². The summed E-state index contributed by atoms with van der Waals surface area (Å²) in [7, 11) is 0. The molecule has 3 nitrogen and oxygen atoms in total. The minimum Gasteiger partial charge on any atom is -0.346 e. The average molecular weight is 185 g/mol. The first-order chi connectivity index (χ1) is 6.04. The first kappa shape index (κ1) is 12.1. The Bertz CT molecular complexity index is 187. The topological polar surface area (TPSA) is 46.2 Å². The summed E-state index contributed by atoms with van der Waals surface area (Å²) >= 11 is 0. The molecule has 76 valence electrons. The van der Waals surface area contributed by atoms with Crippen LogP contribution >= 0.6 is 0 Å². The highest BCUT2D eigenvalue weighted by molar-refractivity contribution is 6.39. The molecule has 0 aromatic heterocycles. The third-order valence-corrected chi connectivity index (χ3v) is 2.25. The molecule has 2 unspecified atom stereocenters. The highest BCUT2D eigenvalue weighted by Gasteiger charge is 2.34. The maximum Gasteiger partial charge on any atom is 0.287 e. The second-order valence-corrected chi connectivity index (χ2v) is 3.42. The molecule has 1 fully saturated rings. The first-order valence-electron chi connectivity index (χ1n) is 4.89. The normalized spacial score (nSPS) is 26.5. The van der Waals surface area contributed by atoms with Gasteiger partial charge in [0, 0.05) is 12.0 Å². The molecule has 1 amide bonds. The molecule has 0 spiro atoms. The second-order valence-electron chi connectivity index (χ2n) is 3.42. The van der Waals surface area contributed by atoms with Gasteiger partial charge in [-0.2, -0.15) is 0 Å². The summed E-state index contributed by atoms with van der Waals surface area (Å²) < 4.78 is 0. The Morgan fingerprint density at radius 3 is 1.69 bits per heavy atom. The maximum atomic E-state index is 10.7. The van der Waals surface area contributed by atoms with Crippen molar-refractivity contribution in [2.75, 3.05) is 0 Å². The van der Waals surface area contributed by atoms with E-state index < -0.39 is 5.91 Å². The fourth-order valence-electron chi connectivity index (χ4n) is 0.837. The summed E-state index contributed by atoms with van der Waals surface area (Å²) in [4.78, 5) is 21.2. The van der Waals surface area contributed by atoms with Crippen LogP contribution in [0.5, 0.6) is 0 Å². The third-order valence-electron chi connectivity index (χ3n) is 2.25. The summed E-state index contributed by atoms with van der Waals surface area (Å²) in [6, 6.07) is 0.0185. The van der Waals surface area contributed by atoms with E-state index in [1.165, 1.54) is 12.8 Å². The van der Waals surface area contributed by atoms with E-state index in [0.29, 0.717) is 0 Å². The highest BCUT2D eigenvalue weighted by atomic mass is 16.2. The van der Waals surface area contributed by atoms with Crippen molar-refractivity contribution in [2.45, 2.75) is 46.6 Å². The van der Waals surface area contributed by atoms with E-state index in [9.17, 15) is 9.59 Å². The van der Waals surface area contributed by atoms with Crippen LogP contribution in [-0.4, -0.2) is 17.7 Å². The molecule has 1 heterocycles. The number of carbonyl (C=O) groups excluding carboxylic acids is 2. The predicted molar refractivity (Wildman–Crippen MR) is 52.4 cm³/mol.